The second-order valence-corrected chi connectivity index (χ2v) is 8.20. The topological polar surface area (TPSA) is 35.6 Å². The van der Waals surface area contributed by atoms with Crippen molar-refractivity contribution in [2.24, 2.45) is 0 Å². The Morgan fingerprint density at radius 1 is 0.733 bits per heavy atom. The van der Waals surface area contributed by atoms with Crippen LogP contribution in [-0.4, -0.2) is 42.0 Å². The number of anilines is 1. The monoisotopic (exact) mass is 439 g/mol. The lowest BCUT2D eigenvalue weighted by Crippen LogP contribution is -2.51. The van der Waals surface area contributed by atoms with Crippen LogP contribution in [0.2, 0.25) is 10.0 Å². The molecule has 1 N–H and O–H groups in total. The van der Waals surface area contributed by atoms with Gasteiger partial charge in [0.25, 0.3) is 0 Å². The van der Waals surface area contributed by atoms with E-state index < -0.39 is 0 Å². The normalized spacial score (nSPS) is 15.6. The van der Waals surface area contributed by atoms with Crippen LogP contribution in [-0.2, 0) is 0 Å². The van der Waals surface area contributed by atoms with E-state index in [0.29, 0.717) is 18.1 Å². The highest BCUT2D eigenvalue weighted by atomic mass is 35.5. The summed E-state index contributed by atoms with van der Waals surface area (Å²) in [5.41, 5.74) is 3.18. The molecule has 1 aliphatic rings. The molecule has 0 radical (unpaired) electrons. The summed E-state index contributed by atoms with van der Waals surface area (Å²) in [5, 5.41) is 4.33. The fourth-order valence-electron chi connectivity index (χ4n) is 3.81. The zero-order chi connectivity index (χ0) is 20.9. The van der Waals surface area contributed by atoms with Crippen molar-refractivity contribution >= 4 is 34.9 Å². The predicted octanol–water partition coefficient (Wildman–Crippen LogP) is 5.93. The van der Waals surface area contributed by atoms with Gasteiger partial charge in [0.15, 0.2) is 0 Å². The van der Waals surface area contributed by atoms with Gasteiger partial charge in [-0.2, -0.15) is 0 Å². The van der Waals surface area contributed by atoms with Gasteiger partial charge in [-0.05, 0) is 47.5 Å². The number of nitrogens with zero attached hydrogens (tertiary/aromatic N) is 2. The van der Waals surface area contributed by atoms with Gasteiger partial charge < -0.3 is 10.2 Å². The van der Waals surface area contributed by atoms with E-state index in [2.05, 4.69) is 46.6 Å². The highest BCUT2D eigenvalue weighted by molar-refractivity contribution is 6.30. The zero-order valence-corrected chi connectivity index (χ0v) is 18.0. The molecule has 0 bridgehead atoms. The zero-order valence-electron chi connectivity index (χ0n) is 16.5. The smallest absolute Gasteiger partial charge is 0.321 e. The molecule has 2 amide bonds. The average Bonchev–Trinajstić information content (AvgIpc) is 2.78. The van der Waals surface area contributed by atoms with Gasteiger partial charge in [-0.3, -0.25) is 4.90 Å². The number of urea groups is 1. The first-order valence-corrected chi connectivity index (χ1v) is 10.7. The largest absolute Gasteiger partial charge is 0.322 e. The Morgan fingerprint density at radius 2 is 1.27 bits per heavy atom. The van der Waals surface area contributed by atoms with E-state index in [4.69, 9.17) is 23.2 Å². The Hall–Kier alpha value is -2.53. The maximum atomic E-state index is 12.7. The molecule has 0 aliphatic carbocycles. The van der Waals surface area contributed by atoms with Gasteiger partial charge in [-0.15, -0.1) is 0 Å². The number of carbonyl (C=O) groups excluding carboxylic acids is 1. The molecular weight excluding hydrogens is 417 g/mol. The van der Waals surface area contributed by atoms with Gasteiger partial charge >= 0.3 is 6.03 Å². The van der Waals surface area contributed by atoms with Gasteiger partial charge in [-0.1, -0.05) is 65.7 Å². The summed E-state index contributed by atoms with van der Waals surface area (Å²) in [7, 11) is 0. The number of piperazine rings is 1. The molecule has 1 heterocycles. The Bertz CT molecular complexity index is 970. The van der Waals surface area contributed by atoms with Crippen molar-refractivity contribution in [3.8, 4) is 0 Å². The quantitative estimate of drug-likeness (QED) is 0.546. The third-order valence-corrected chi connectivity index (χ3v) is 5.87. The van der Waals surface area contributed by atoms with E-state index in [1.165, 1.54) is 11.1 Å². The molecule has 154 valence electrons. The van der Waals surface area contributed by atoms with Crippen LogP contribution in [0, 0.1) is 0 Å². The summed E-state index contributed by atoms with van der Waals surface area (Å²) in [4.78, 5) is 16.9. The summed E-state index contributed by atoms with van der Waals surface area (Å²) in [6, 6.07) is 25.7. The standard InChI is InChI=1S/C24H23Cl2N3O/c25-20-8-6-19(7-9-20)23(18-4-2-1-3-5-18)28-14-16-29(17-15-28)24(30)27-22-12-10-21(26)11-13-22/h1-13,23H,14-17H2,(H,27,30)/t23-/m0/s1. The van der Waals surface area contributed by atoms with E-state index >= 15 is 0 Å². The van der Waals surface area contributed by atoms with Crippen LogP contribution >= 0.6 is 23.2 Å². The maximum absolute atomic E-state index is 12.7. The first kappa shape index (κ1) is 20.7. The van der Waals surface area contributed by atoms with Crippen LogP contribution in [0.4, 0.5) is 10.5 Å². The average molecular weight is 440 g/mol. The summed E-state index contributed by atoms with van der Waals surface area (Å²) in [6.45, 7) is 2.90. The molecular formula is C24H23Cl2N3O. The van der Waals surface area contributed by atoms with Gasteiger partial charge in [-0.25, -0.2) is 4.79 Å². The summed E-state index contributed by atoms with van der Waals surface area (Å²) in [6.07, 6.45) is 0. The number of amides is 2. The second-order valence-electron chi connectivity index (χ2n) is 7.32. The highest BCUT2D eigenvalue weighted by Gasteiger charge is 2.28. The first-order chi connectivity index (χ1) is 14.6. The number of nitrogens with one attached hydrogen (secondary N) is 1. The van der Waals surface area contributed by atoms with Gasteiger partial charge in [0, 0.05) is 41.9 Å². The molecule has 1 fully saturated rings. The summed E-state index contributed by atoms with van der Waals surface area (Å²) < 4.78 is 0. The van der Waals surface area contributed by atoms with Crippen molar-refractivity contribution < 1.29 is 4.79 Å². The van der Waals surface area contributed by atoms with Crippen LogP contribution in [0.3, 0.4) is 0 Å². The van der Waals surface area contributed by atoms with E-state index in [-0.39, 0.29) is 12.1 Å². The molecule has 4 nitrogen and oxygen atoms in total. The fraction of sp³-hybridized carbons (Fsp3) is 0.208. The predicted molar refractivity (Wildman–Crippen MR) is 123 cm³/mol. The van der Waals surface area contributed by atoms with Crippen LogP contribution in [0.25, 0.3) is 0 Å². The van der Waals surface area contributed by atoms with Crippen molar-refractivity contribution in [1.82, 2.24) is 9.80 Å². The lowest BCUT2D eigenvalue weighted by atomic mass is 9.96. The molecule has 30 heavy (non-hydrogen) atoms. The van der Waals surface area contributed by atoms with Crippen molar-refractivity contribution in [1.29, 1.82) is 0 Å². The molecule has 1 saturated heterocycles. The van der Waals surface area contributed by atoms with Crippen molar-refractivity contribution in [2.75, 3.05) is 31.5 Å². The third kappa shape index (κ3) is 4.96. The SMILES string of the molecule is O=C(Nc1ccc(Cl)cc1)N1CCN([C@@H](c2ccccc2)c2ccc(Cl)cc2)CC1. The molecule has 1 atom stereocenters. The lowest BCUT2D eigenvalue weighted by Gasteiger charge is -2.39. The van der Waals surface area contributed by atoms with Gasteiger partial charge in [0.2, 0.25) is 0 Å². The molecule has 3 aromatic carbocycles. The van der Waals surface area contributed by atoms with Crippen molar-refractivity contribution in [2.45, 2.75) is 6.04 Å². The molecule has 0 aromatic heterocycles. The molecule has 4 rings (SSSR count). The third-order valence-electron chi connectivity index (χ3n) is 5.36. The Kier molecular flexibility index (Phi) is 6.58. The molecule has 0 spiro atoms. The number of halogens is 2. The molecule has 0 unspecified atom stereocenters. The Labute approximate surface area is 187 Å². The molecule has 3 aromatic rings. The summed E-state index contributed by atoms with van der Waals surface area (Å²) >= 11 is 12.0. The second kappa shape index (κ2) is 9.52. The number of carbonyl (C=O) groups is 1. The van der Waals surface area contributed by atoms with Crippen molar-refractivity contribution in [3.05, 3.63) is 100 Å². The van der Waals surface area contributed by atoms with Gasteiger partial charge in [0.05, 0.1) is 6.04 Å². The maximum Gasteiger partial charge on any atom is 0.321 e. The van der Waals surface area contributed by atoms with Crippen LogP contribution < -0.4 is 5.32 Å². The van der Waals surface area contributed by atoms with Crippen LogP contribution in [0.1, 0.15) is 17.2 Å². The number of rotatable bonds is 4. The fourth-order valence-corrected chi connectivity index (χ4v) is 4.07. The van der Waals surface area contributed by atoms with E-state index in [1.807, 2.05) is 35.2 Å². The molecule has 0 saturated carbocycles. The van der Waals surface area contributed by atoms with E-state index in [1.54, 1.807) is 12.1 Å². The van der Waals surface area contributed by atoms with Crippen LogP contribution in [0.5, 0.6) is 0 Å². The minimum Gasteiger partial charge on any atom is -0.322 e. The first-order valence-electron chi connectivity index (χ1n) is 9.96. The molecule has 6 heteroatoms. The van der Waals surface area contributed by atoms with Gasteiger partial charge in [0.1, 0.15) is 0 Å². The Balaban J connectivity index is 1.45. The van der Waals surface area contributed by atoms with E-state index in [0.717, 1.165) is 23.8 Å². The van der Waals surface area contributed by atoms with E-state index in [9.17, 15) is 4.79 Å². The summed E-state index contributed by atoms with van der Waals surface area (Å²) in [5.74, 6) is 0. The number of hydrogen-bond donors (Lipinski definition) is 1. The lowest BCUT2D eigenvalue weighted by molar-refractivity contribution is 0.126. The van der Waals surface area contributed by atoms with Crippen LogP contribution in [0.15, 0.2) is 78.9 Å². The number of benzene rings is 3. The Morgan fingerprint density at radius 3 is 1.87 bits per heavy atom. The van der Waals surface area contributed by atoms with Crippen molar-refractivity contribution in [3.63, 3.8) is 0 Å². The minimum absolute atomic E-state index is 0.0836. The molecule has 1 aliphatic heterocycles. The minimum atomic E-state index is -0.0836. The highest BCUT2D eigenvalue weighted by Crippen LogP contribution is 2.30. The number of hydrogen-bond acceptors (Lipinski definition) is 2.